The van der Waals surface area contributed by atoms with Crippen molar-refractivity contribution in [1.29, 1.82) is 5.26 Å². The number of hydrogen-bond acceptors (Lipinski definition) is 3. The first kappa shape index (κ1) is 8.28. The fourth-order valence-electron chi connectivity index (χ4n) is 0.811. The molecule has 0 spiro atoms. The molecule has 0 N–H and O–H groups in total. The van der Waals surface area contributed by atoms with Crippen molar-refractivity contribution in [3.8, 4) is 11.8 Å². The average molecular weight is 160 g/mol. The molecule has 60 valence electrons. The molecule has 0 saturated carbocycles. The third-order valence-corrected chi connectivity index (χ3v) is 1.44. The van der Waals surface area contributed by atoms with Crippen molar-refractivity contribution in [3.05, 3.63) is 30.1 Å². The van der Waals surface area contributed by atoms with Crippen molar-refractivity contribution in [2.24, 2.45) is 0 Å². The lowest BCUT2D eigenvalue weighted by Gasteiger charge is -2.01. The van der Waals surface area contributed by atoms with Crippen LogP contribution < -0.4 is 4.74 Å². The summed E-state index contributed by atoms with van der Waals surface area (Å²) in [5.74, 6) is 0.481. The van der Waals surface area contributed by atoms with Gasteiger partial charge in [-0.25, -0.2) is 4.98 Å². The molecule has 0 aliphatic carbocycles. The number of hydrogen-bond donors (Lipinski definition) is 0. The maximum atomic E-state index is 8.59. The summed E-state index contributed by atoms with van der Waals surface area (Å²) in [7, 11) is 1.50. The minimum Gasteiger partial charge on any atom is -0.494 e. The highest BCUT2D eigenvalue weighted by atomic mass is 16.5. The Bertz CT molecular complexity index is 339. The van der Waals surface area contributed by atoms with Crippen molar-refractivity contribution in [1.82, 2.24) is 4.98 Å². The van der Waals surface area contributed by atoms with Crippen molar-refractivity contribution in [3.63, 3.8) is 0 Å². The molecule has 1 aromatic rings. The largest absolute Gasteiger partial charge is 0.494 e. The number of methoxy groups -OCH3 is 1. The molecule has 0 aliphatic rings. The summed E-state index contributed by atoms with van der Waals surface area (Å²) in [4.78, 5) is 3.88. The van der Waals surface area contributed by atoms with E-state index in [0.29, 0.717) is 11.4 Å². The Balaban J connectivity index is 3.21. The molecule has 0 aliphatic heterocycles. The van der Waals surface area contributed by atoms with Gasteiger partial charge in [0.1, 0.15) is 6.07 Å². The topological polar surface area (TPSA) is 45.9 Å². The lowest BCUT2D eigenvalue weighted by atomic mass is 10.2. The third kappa shape index (κ3) is 1.43. The van der Waals surface area contributed by atoms with E-state index < -0.39 is 0 Å². The molecule has 0 unspecified atom stereocenters. The fraction of sp³-hybridized carbons (Fsp3) is 0.111. The Morgan fingerprint density at radius 3 is 3.00 bits per heavy atom. The highest BCUT2D eigenvalue weighted by Gasteiger charge is 2.02. The van der Waals surface area contributed by atoms with Crippen LogP contribution in [0.25, 0.3) is 6.08 Å². The number of nitriles is 1. The van der Waals surface area contributed by atoms with E-state index in [9.17, 15) is 0 Å². The van der Waals surface area contributed by atoms with Crippen LogP contribution in [0, 0.1) is 11.3 Å². The number of ether oxygens (including phenoxy) is 1. The highest BCUT2D eigenvalue weighted by molar-refractivity contribution is 5.51. The standard InChI is InChI=1S/C9H8N2O/c1-3-7-4-9(12-2)8(5-10)11-6-7/h3-4,6H,1H2,2H3. The van der Waals surface area contributed by atoms with Gasteiger partial charge in [-0.15, -0.1) is 0 Å². The zero-order valence-corrected chi connectivity index (χ0v) is 6.74. The summed E-state index contributed by atoms with van der Waals surface area (Å²) in [6.07, 6.45) is 3.23. The lowest BCUT2D eigenvalue weighted by Crippen LogP contribution is -1.91. The summed E-state index contributed by atoms with van der Waals surface area (Å²) >= 11 is 0. The molecule has 1 heterocycles. The summed E-state index contributed by atoms with van der Waals surface area (Å²) in [5.41, 5.74) is 1.13. The van der Waals surface area contributed by atoms with E-state index in [2.05, 4.69) is 11.6 Å². The van der Waals surface area contributed by atoms with Gasteiger partial charge in [-0.05, 0) is 11.6 Å². The minimum atomic E-state index is 0.295. The van der Waals surface area contributed by atoms with Gasteiger partial charge < -0.3 is 4.74 Å². The van der Waals surface area contributed by atoms with Crippen molar-refractivity contribution in [2.45, 2.75) is 0 Å². The molecule has 1 rings (SSSR count). The molecule has 0 radical (unpaired) electrons. The van der Waals surface area contributed by atoms with E-state index in [1.54, 1.807) is 18.3 Å². The van der Waals surface area contributed by atoms with Crippen molar-refractivity contribution in [2.75, 3.05) is 7.11 Å². The van der Waals surface area contributed by atoms with Crippen molar-refractivity contribution < 1.29 is 4.74 Å². The first-order valence-electron chi connectivity index (χ1n) is 3.38. The van der Waals surface area contributed by atoms with Gasteiger partial charge in [-0.2, -0.15) is 5.26 Å². The molecular weight excluding hydrogens is 152 g/mol. The van der Waals surface area contributed by atoms with Gasteiger partial charge >= 0.3 is 0 Å². The van der Waals surface area contributed by atoms with Crippen LogP contribution in [0.4, 0.5) is 0 Å². The lowest BCUT2D eigenvalue weighted by molar-refractivity contribution is 0.411. The Hall–Kier alpha value is -1.82. The van der Waals surface area contributed by atoms with Gasteiger partial charge in [0, 0.05) is 6.20 Å². The van der Waals surface area contributed by atoms with Crippen LogP contribution in [0.15, 0.2) is 18.8 Å². The van der Waals surface area contributed by atoms with Crippen LogP contribution in [0.5, 0.6) is 5.75 Å². The van der Waals surface area contributed by atoms with Gasteiger partial charge in [0.15, 0.2) is 11.4 Å². The van der Waals surface area contributed by atoms with Crippen LogP contribution in [-0.2, 0) is 0 Å². The summed E-state index contributed by atoms with van der Waals surface area (Å²) < 4.78 is 4.95. The molecule has 12 heavy (non-hydrogen) atoms. The maximum absolute atomic E-state index is 8.59. The molecule has 3 nitrogen and oxygen atoms in total. The highest BCUT2D eigenvalue weighted by Crippen LogP contribution is 2.16. The van der Waals surface area contributed by atoms with E-state index in [4.69, 9.17) is 10.00 Å². The summed E-state index contributed by atoms with van der Waals surface area (Å²) in [6, 6.07) is 3.65. The number of pyridine rings is 1. The van der Waals surface area contributed by atoms with Crippen LogP contribution in [0.1, 0.15) is 11.3 Å². The summed E-state index contributed by atoms with van der Waals surface area (Å²) in [6.45, 7) is 3.58. The first-order chi connectivity index (χ1) is 5.81. The predicted octanol–water partition coefficient (Wildman–Crippen LogP) is 1.60. The van der Waals surface area contributed by atoms with Gasteiger partial charge in [-0.3, -0.25) is 0 Å². The molecular formula is C9H8N2O. The van der Waals surface area contributed by atoms with E-state index in [-0.39, 0.29) is 0 Å². The van der Waals surface area contributed by atoms with Gasteiger partial charge in [0.25, 0.3) is 0 Å². The van der Waals surface area contributed by atoms with Crippen LogP contribution in [-0.4, -0.2) is 12.1 Å². The normalized spacial score (nSPS) is 8.67. The zero-order valence-electron chi connectivity index (χ0n) is 6.74. The molecule has 0 atom stereocenters. The van der Waals surface area contributed by atoms with Gasteiger partial charge in [0.05, 0.1) is 7.11 Å². The number of rotatable bonds is 2. The molecule has 0 saturated heterocycles. The van der Waals surface area contributed by atoms with Gasteiger partial charge in [0.2, 0.25) is 0 Å². The first-order valence-corrected chi connectivity index (χ1v) is 3.38. The average Bonchev–Trinajstić information content (AvgIpc) is 2.16. The van der Waals surface area contributed by atoms with E-state index in [1.165, 1.54) is 7.11 Å². The predicted molar refractivity (Wildman–Crippen MR) is 45.6 cm³/mol. The van der Waals surface area contributed by atoms with E-state index in [0.717, 1.165) is 5.56 Å². The fourth-order valence-corrected chi connectivity index (χ4v) is 0.811. The number of nitrogens with zero attached hydrogens (tertiary/aromatic N) is 2. The van der Waals surface area contributed by atoms with E-state index in [1.807, 2.05) is 6.07 Å². The quantitative estimate of drug-likeness (QED) is 0.660. The van der Waals surface area contributed by atoms with E-state index >= 15 is 0 Å². The molecule has 0 aromatic carbocycles. The molecule has 3 heteroatoms. The van der Waals surface area contributed by atoms with Gasteiger partial charge in [-0.1, -0.05) is 12.7 Å². The molecule has 1 aromatic heterocycles. The Morgan fingerprint density at radius 2 is 2.50 bits per heavy atom. The third-order valence-electron chi connectivity index (χ3n) is 1.44. The molecule has 0 fully saturated rings. The summed E-state index contributed by atoms with van der Waals surface area (Å²) in [5, 5.41) is 8.59. The minimum absolute atomic E-state index is 0.295. The van der Waals surface area contributed by atoms with Crippen molar-refractivity contribution >= 4 is 6.08 Å². The van der Waals surface area contributed by atoms with Crippen LogP contribution in [0.2, 0.25) is 0 Å². The number of aromatic nitrogens is 1. The Morgan fingerprint density at radius 1 is 1.75 bits per heavy atom. The van der Waals surface area contributed by atoms with Crippen LogP contribution >= 0.6 is 0 Å². The smallest absolute Gasteiger partial charge is 0.182 e. The second-order valence-corrected chi connectivity index (χ2v) is 2.14. The molecule has 0 amide bonds. The zero-order chi connectivity index (χ0) is 8.97. The second kappa shape index (κ2) is 3.54. The second-order valence-electron chi connectivity index (χ2n) is 2.14. The molecule has 0 bridgehead atoms. The maximum Gasteiger partial charge on any atom is 0.182 e. The Labute approximate surface area is 70.9 Å². The Kier molecular flexibility index (Phi) is 2.44. The monoisotopic (exact) mass is 160 g/mol. The van der Waals surface area contributed by atoms with Crippen LogP contribution in [0.3, 0.4) is 0 Å². The SMILES string of the molecule is C=Cc1cnc(C#N)c(OC)c1.